The molecule has 0 atom stereocenters. The van der Waals surface area contributed by atoms with E-state index in [-0.39, 0.29) is 5.75 Å². The van der Waals surface area contributed by atoms with Crippen LogP contribution in [0.5, 0.6) is 5.75 Å². The minimum absolute atomic E-state index is 0.0516. The molecule has 0 amide bonds. The van der Waals surface area contributed by atoms with Gasteiger partial charge in [0, 0.05) is 40.1 Å². The van der Waals surface area contributed by atoms with Crippen molar-refractivity contribution in [3.05, 3.63) is 72.0 Å². The van der Waals surface area contributed by atoms with E-state index >= 15 is 0 Å². The highest BCUT2D eigenvalue weighted by molar-refractivity contribution is 6.31. The number of fused-ring (bicyclic) bond motifs is 1. The second-order valence-electron chi connectivity index (χ2n) is 5.82. The first kappa shape index (κ1) is 18.1. The van der Waals surface area contributed by atoms with Crippen LogP contribution in [0, 0.1) is 0 Å². The summed E-state index contributed by atoms with van der Waals surface area (Å²) in [6.07, 6.45) is 3.30. The monoisotopic (exact) mass is 398 g/mol. The zero-order valence-corrected chi connectivity index (χ0v) is 15.1. The summed E-state index contributed by atoms with van der Waals surface area (Å²) in [6, 6.07) is 15.2. The SMILES string of the molecule is FC(F)Oc1cccc(Nc2nc(-c3ccncc3)nc3cc(Cl)ccc23)c1. The average Bonchev–Trinajstić information content (AvgIpc) is 2.68. The molecule has 0 fully saturated rings. The Kier molecular flexibility index (Phi) is 4.99. The molecule has 2 aromatic carbocycles. The highest BCUT2D eigenvalue weighted by Crippen LogP contribution is 2.30. The fourth-order valence-corrected chi connectivity index (χ4v) is 2.88. The molecule has 0 radical (unpaired) electrons. The average molecular weight is 399 g/mol. The Labute approximate surface area is 164 Å². The summed E-state index contributed by atoms with van der Waals surface area (Å²) in [6.45, 7) is -2.89. The fourth-order valence-electron chi connectivity index (χ4n) is 2.71. The Hall–Kier alpha value is -3.32. The van der Waals surface area contributed by atoms with Gasteiger partial charge in [0.1, 0.15) is 11.6 Å². The second kappa shape index (κ2) is 7.74. The summed E-state index contributed by atoms with van der Waals surface area (Å²) in [5.41, 5.74) is 1.99. The van der Waals surface area contributed by atoms with Crippen LogP contribution < -0.4 is 10.1 Å². The van der Waals surface area contributed by atoms with Crippen LogP contribution in [-0.4, -0.2) is 21.6 Å². The van der Waals surface area contributed by atoms with Crippen molar-refractivity contribution in [3.63, 3.8) is 0 Å². The molecule has 8 heteroatoms. The van der Waals surface area contributed by atoms with E-state index in [4.69, 9.17) is 11.6 Å². The fraction of sp³-hybridized carbons (Fsp3) is 0.0500. The predicted octanol–water partition coefficient (Wildman–Crippen LogP) is 5.69. The number of rotatable bonds is 5. The largest absolute Gasteiger partial charge is 0.435 e. The van der Waals surface area contributed by atoms with E-state index in [9.17, 15) is 8.78 Å². The standard InChI is InChI=1S/C20H13ClF2N4O/c21-13-4-5-16-17(10-13)26-18(12-6-8-24-9-7-12)27-19(16)25-14-2-1-3-15(11-14)28-20(22)23/h1-11,20H,(H,25,26,27). The van der Waals surface area contributed by atoms with Gasteiger partial charge in [-0.1, -0.05) is 17.7 Å². The van der Waals surface area contributed by atoms with Crippen molar-refractivity contribution >= 4 is 34.0 Å². The number of hydrogen-bond donors (Lipinski definition) is 1. The summed E-state index contributed by atoms with van der Waals surface area (Å²) in [4.78, 5) is 13.2. The first-order valence-corrected chi connectivity index (χ1v) is 8.66. The van der Waals surface area contributed by atoms with Gasteiger partial charge in [-0.3, -0.25) is 4.98 Å². The molecule has 0 saturated heterocycles. The summed E-state index contributed by atoms with van der Waals surface area (Å²) in [5.74, 6) is 1.05. The molecule has 0 aliphatic heterocycles. The topological polar surface area (TPSA) is 59.9 Å². The molecular formula is C20H13ClF2N4O. The lowest BCUT2D eigenvalue weighted by Crippen LogP contribution is -2.03. The van der Waals surface area contributed by atoms with Crippen molar-refractivity contribution in [2.75, 3.05) is 5.32 Å². The number of halogens is 3. The van der Waals surface area contributed by atoms with Gasteiger partial charge in [-0.25, -0.2) is 9.97 Å². The van der Waals surface area contributed by atoms with Gasteiger partial charge in [0.2, 0.25) is 0 Å². The van der Waals surface area contributed by atoms with E-state index in [1.165, 1.54) is 12.1 Å². The van der Waals surface area contributed by atoms with Gasteiger partial charge in [-0.15, -0.1) is 0 Å². The number of hydrogen-bond acceptors (Lipinski definition) is 5. The van der Waals surface area contributed by atoms with E-state index in [2.05, 4.69) is 25.0 Å². The molecule has 2 heterocycles. The van der Waals surface area contributed by atoms with Crippen LogP contribution in [0.2, 0.25) is 5.02 Å². The molecule has 4 rings (SSSR count). The number of aromatic nitrogens is 3. The number of alkyl halides is 2. The van der Waals surface area contributed by atoms with Gasteiger partial charge in [0.05, 0.1) is 5.52 Å². The van der Waals surface area contributed by atoms with Gasteiger partial charge < -0.3 is 10.1 Å². The summed E-state index contributed by atoms with van der Waals surface area (Å²) in [5, 5.41) is 4.44. The number of nitrogens with one attached hydrogen (secondary N) is 1. The van der Waals surface area contributed by atoms with Gasteiger partial charge in [-0.2, -0.15) is 8.78 Å². The van der Waals surface area contributed by atoms with Gasteiger partial charge in [0.15, 0.2) is 5.82 Å². The normalized spacial score (nSPS) is 11.0. The predicted molar refractivity (Wildman–Crippen MR) is 104 cm³/mol. The van der Waals surface area contributed by atoms with Crippen molar-refractivity contribution < 1.29 is 13.5 Å². The van der Waals surface area contributed by atoms with Crippen molar-refractivity contribution in [2.24, 2.45) is 0 Å². The molecule has 0 aliphatic rings. The van der Waals surface area contributed by atoms with Crippen LogP contribution in [0.1, 0.15) is 0 Å². The maximum Gasteiger partial charge on any atom is 0.387 e. The third-order valence-electron chi connectivity index (χ3n) is 3.92. The molecule has 5 nitrogen and oxygen atoms in total. The number of pyridine rings is 1. The third kappa shape index (κ3) is 3.99. The molecule has 1 N–H and O–H groups in total. The Balaban J connectivity index is 1.79. The van der Waals surface area contributed by atoms with Gasteiger partial charge in [0.25, 0.3) is 0 Å². The van der Waals surface area contributed by atoms with Crippen molar-refractivity contribution in [1.29, 1.82) is 0 Å². The van der Waals surface area contributed by atoms with Crippen LogP contribution in [0.4, 0.5) is 20.3 Å². The van der Waals surface area contributed by atoms with E-state index < -0.39 is 6.61 Å². The molecule has 0 unspecified atom stereocenters. The Morgan fingerprint density at radius 2 is 1.79 bits per heavy atom. The lowest BCUT2D eigenvalue weighted by atomic mass is 10.2. The van der Waals surface area contributed by atoms with Crippen LogP contribution in [0.15, 0.2) is 67.0 Å². The number of ether oxygens (including phenoxy) is 1. The summed E-state index contributed by atoms with van der Waals surface area (Å²) < 4.78 is 29.4. The zero-order valence-electron chi connectivity index (χ0n) is 14.3. The second-order valence-corrected chi connectivity index (χ2v) is 6.26. The molecule has 2 aromatic heterocycles. The summed E-state index contributed by atoms with van der Waals surface area (Å²) in [7, 11) is 0. The number of anilines is 2. The maximum absolute atomic E-state index is 12.5. The Morgan fingerprint density at radius 3 is 2.57 bits per heavy atom. The van der Waals surface area contributed by atoms with Crippen molar-refractivity contribution in [3.8, 4) is 17.1 Å². The molecular weight excluding hydrogens is 386 g/mol. The smallest absolute Gasteiger partial charge is 0.387 e. The lowest BCUT2D eigenvalue weighted by Gasteiger charge is -2.12. The molecule has 28 heavy (non-hydrogen) atoms. The molecule has 0 aliphatic carbocycles. The van der Waals surface area contributed by atoms with Crippen LogP contribution >= 0.6 is 11.6 Å². The van der Waals surface area contributed by atoms with Crippen LogP contribution in [-0.2, 0) is 0 Å². The highest BCUT2D eigenvalue weighted by Gasteiger charge is 2.11. The lowest BCUT2D eigenvalue weighted by molar-refractivity contribution is -0.0497. The first-order chi connectivity index (χ1) is 13.6. The van der Waals surface area contributed by atoms with Crippen molar-refractivity contribution in [1.82, 2.24) is 15.0 Å². The zero-order chi connectivity index (χ0) is 19.5. The maximum atomic E-state index is 12.5. The quantitative estimate of drug-likeness (QED) is 0.468. The first-order valence-electron chi connectivity index (χ1n) is 8.28. The van der Waals surface area contributed by atoms with E-state index in [1.54, 1.807) is 54.9 Å². The molecule has 0 spiro atoms. The summed E-state index contributed by atoms with van der Waals surface area (Å²) >= 11 is 6.12. The van der Waals surface area contributed by atoms with E-state index in [0.29, 0.717) is 27.9 Å². The molecule has 4 aromatic rings. The Morgan fingerprint density at radius 1 is 0.964 bits per heavy atom. The molecule has 0 saturated carbocycles. The minimum Gasteiger partial charge on any atom is -0.435 e. The van der Waals surface area contributed by atoms with Gasteiger partial charge >= 0.3 is 6.61 Å². The van der Waals surface area contributed by atoms with Crippen LogP contribution in [0.25, 0.3) is 22.3 Å². The minimum atomic E-state index is -2.89. The number of nitrogens with zero attached hydrogens (tertiary/aromatic N) is 3. The molecule has 140 valence electrons. The van der Waals surface area contributed by atoms with E-state index in [0.717, 1.165) is 10.9 Å². The van der Waals surface area contributed by atoms with Gasteiger partial charge in [-0.05, 0) is 42.5 Å². The Bertz CT molecular complexity index is 1130. The number of benzene rings is 2. The molecule has 0 bridgehead atoms. The third-order valence-corrected chi connectivity index (χ3v) is 4.15. The van der Waals surface area contributed by atoms with Crippen LogP contribution in [0.3, 0.4) is 0 Å². The van der Waals surface area contributed by atoms with Crippen molar-refractivity contribution in [2.45, 2.75) is 6.61 Å². The van der Waals surface area contributed by atoms with E-state index in [1.807, 2.05) is 0 Å². The highest BCUT2D eigenvalue weighted by atomic mass is 35.5.